The van der Waals surface area contributed by atoms with Gasteiger partial charge in [0.15, 0.2) is 5.75 Å². The molecule has 0 aliphatic heterocycles. The summed E-state index contributed by atoms with van der Waals surface area (Å²) in [5, 5.41) is 0.274. The Balaban J connectivity index is 2.96. The van der Waals surface area contributed by atoms with Crippen molar-refractivity contribution in [3.05, 3.63) is 17.3 Å². The summed E-state index contributed by atoms with van der Waals surface area (Å²) in [5.41, 5.74) is 0. The highest BCUT2D eigenvalue weighted by Crippen LogP contribution is 2.26. The van der Waals surface area contributed by atoms with E-state index in [1.807, 2.05) is 0 Å². The number of pyridine rings is 1. The lowest BCUT2D eigenvalue weighted by atomic mass is 10.4. The summed E-state index contributed by atoms with van der Waals surface area (Å²) in [6.07, 6.45) is 1.36. The van der Waals surface area contributed by atoms with Gasteiger partial charge in [-0.3, -0.25) is 4.79 Å². The summed E-state index contributed by atoms with van der Waals surface area (Å²) >= 11 is 5.70. The first-order chi connectivity index (χ1) is 6.13. The summed E-state index contributed by atoms with van der Waals surface area (Å²) in [6, 6.07) is 1.45. The molecule has 0 aliphatic carbocycles. The number of esters is 1. The van der Waals surface area contributed by atoms with E-state index in [2.05, 4.69) is 4.98 Å². The highest BCUT2D eigenvalue weighted by atomic mass is 35.5. The van der Waals surface area contributed by atoms with Gasteiger partial charge in [-0.1, -0.05) is 11.6 Å². The van der Waals surface area contributed by atoms with Gasteiger partial charge in [-0.15, -0.1) is 0 Å². The Kier molecular flexibility index (Phi) is 3.08. The van der Waals surface area contributed by atoms with Crippen LogP contribution in [-0.2, 0) is 4.79 Å². The molecule has 0 unspecified atom stereocenters. The van der Waals surface area contributed by atoms with E-state index in [1.165, 1.54) is 26.3 Å². The van der Waals surface area contributed by atoms with Crippen LogP contribution in [0.1, 0.15) is 6.92 Å². The van der Waals surface area contributed by atoms with Crippen LogP contribution in [0.3, 0.4) is 0 Å². The zero-order valence-corrected chi connectivity index (χ0v) is 7.96. The van der Waals surface area contributed by atoms with Crippen LogP contribution in [0.2, 0.25) is 5.02 Å². The minimum Gasteiger partial charge on any atom is -0.481 e. The molecule has 0 radical (unpaired) electrons. The van der Waals surface area contributed by atoms with Crippen molar-refractivity contribution in [2.45, 2.75) is 6.92 Å². The second-order valence-electron chi connectivity index (χ2n) is 2.25. The number of carbonyl (C=O) groups is 1. The third kappa shape index (κ3) is 2.59. The lowest BCUT2D eigenvalue weighted by Crippen LogP contribution is -2.02. The second-order valence-corrected chi connectivity index (χ2v) is 2.66. The van der Waals surface area contributed by atoms with Gasteiger partial charge in [0.05, 0.1) is 13.3 Å². The van der Waals surface area contributed by atoms with E-state index in [0.717, 1.165) is 0 Å². The van der Waals surface area contributed by atoms with E-state index in [0.29, 0.717) is 5.88 Å². The molecular weight excluding hydrogens is 194 g/mol. The van der Waals surface area contributed by atoms with E-state index in [4.69, 9.17) is 21.1 Å². The third-order valence-corrected chi connectivity index (χ3v) is 1.54. The van der Waals surface area contributed by atoms with Crippen molar-refractivity contribution in [2.75, 3.05) is 7.11 Å². The Morgan fingerprint density at radius 2 is 2.31 bits per heavy atom. The minimum absolute atomic E-state index is 0.251. The van der Waals surface area contributed by atoms with Crippen molar-refractivity contribution in [3.8, 4) is 11.6 Å². The fourth-order valence-corrected chi connectivity index (χ4v) is 0.889. The van der Waals surface area contributed by atoms with Gasteiger partial charge in [-0.2, -0.15) is 0 Å². The van der Waals surface area contributed by atoms with Gasteiger partial charge in [-0.25, -0.2) is 4.98 Å². The van der Waals surface area contributed by atoms with Crippen LogP contribution in [-0.4, -0.2) is 18.1 Å². The maximum atomic E-state index is 10.6. The molecule has 0 aliphatic rings. The molecule has 0 saturated carbocycles. The number of hydrogen-bond acceptors (Lipinski definition) is 4. The summed E-state index contributed by atoms with van der Waals surface area (Å²) in [4.78, 5) is 14.4. The molecule has 0 aromatic carbocycles. The van der Waals surface area contributed by atoms with Crippen LogP contribution in [0.25, 0.3) is 0 Å². The quantitative estimate of drug-likeness (QED) is 0.683. The Morgan fingerprint density at radius 1 is 1.62 bits per heavy atom. The molecule has 1 aromatic rings. The molecular formula is C8H8ClNO3. The van der Waals surface area contributed by atoms with Crippen LogP contribution in [0.4, 0.5) is 0 Å². The maximum Gasteiger partial charge on any atom is 0.308 e. The fourth-order valence-electron chi connectivity index (χ4n) is 0.747. The van der Waals surface area contributed by atoms with Gasteiger partial charge in [-0.05, 0) is 0 Å². The first kappa shape index (κ1) is 9.80. The van der Waals surface area contributed by atoms with Crippen molar-refractivity contribution in [1.29, 1.82) is 0 Å². The largest absolute Gasteiger partial charge is 0.481 e. The topological polar surface area (TPSA) is 48.4 Å². The average molecular weight is 202 g/mol. The lowest BCUT2D eigenvalue weighted by molar-refractivity contribution is -0.131. The number of rotatable bonds is 2. The summed E-state index contributed by atoms with van der Waals surface area (Å²) < 4.78 is 9.63. The molecule has 13 heavy (non-hydrogen) atoms. The van der Waals surface area contributed by atoms with Crippen LogP contribution in [0.5, 0.6) is 11.6 Å². The number of aromatic nitrogens is 1. The third-order valence-electron chi connectivity index (χ3n) is 1.26. The van der Waals surface area contributed by atoms with Crippen LogP contribution in [0, 0.1) is 0 Å². The van der Waals surface area contributed by atoms with Crippen molar-refractivity contribution >= 4 is 17.6 Å². The van der Waals surface area contributed by atoms with Crippen molar-refractivity contribution in [3.63, 3.8) is 0 Å². The molecule has 0 amide bonds. The van der Waals surface area contributed by atoms with E-state index in [1.54, 1.807) is 0 Å². The van der Waals surface area contributed by atoms with Crippen LogP contribution in [0.15, 0.2) is 12.3 Å². The van der Waals surface area contributed by atoms with Crippen molar-refractivity contribution in [1.82, 2.24) is 4.98 Å². The molecule has 5 heteroatoms. The number of hydrogen-bond donors (Lipinski definition) is 0. The molecule has 0 saturated heterocycles. The van der Waals surface area contributed by atoms with Gasteiger partial charge in [0.2, 0.25) is 5.88 Å². The molecule has 0 spiro atoms. The molecule has 1 heterocycles. The van der Waals surface area contributed by atoms with Crippen molar-refractivity contribution in [2.24, 2.45) is 0 Å². The van der Waals surface area contributed by atoms with E-state index in [-0.39, 0.29) is 10.8 Å². The number of carbonyl (C=O) groups excluding carboxylic acids is 1. The van der Waals surface area contributed by atoms with Crippen molar-refractivity contribution < 1.29 is 14.3 Å². The predicted molar refractivity (Wildman–Crippen MR) is 47.1 cm³/mol. The lowest BCUT2D eigenvalue weighted by Gasteiger charge is -2.04. The Labute approximate surface area is 80.4 Å². The van der Waals surface area contributed by atoms with Crippen LogP contribution >= 0.6 is 11.6 Å². The summed E-state index contributed by atoms with van der Waals surface area (Å²) in [5.74, 6) is 0.164. The highest BCUT2D eigenvalue weighted by Gasteiger charge is 2.06. The average Bonchev–Trinajstić information content (AvgIpc) is 2.08. The normalized spacial score (nSPS) is 9.46. The Morgan fingerprint density at radius 3 is 2.85 bits per heavy atom. The molecule has 1 rings (SSSR count). The summed E-state index contributed by atoms with van der Waals surface area (Å²) in [6.45, 7) is 1.29. The zero-order chi connectivity index (χ0) is 9.84. The smallest absolute Gasteiger partial charge is 0.308 e. The van der Waals surface area contributed by atoms with Gasteiger partial charge < -0.3 is 9.47 Å². The van der Waals surface area contributed by atoms with Gasteiger partial charge >= 0.3 is 5.97 Å². The highest BCUT2D eigenvalue weighted by molar-refractivity contribution is 6.32. The maximum absolute atomic E-state index is 10.6. The molecule has 1 aromatic heterocycles. The fraction of sp³-hybridized carbons (Fsp3) is 0.250. The summed E-state index contributed by atoms with van der Waals surface area (Å²) in [7, 11) is 1.47. The molecule has 70 valence electrons. The first-order valence-electron chi connectivity index (χ1n) is 3.51. The van der Waals surface area contributed by atoms with E-state index in [9.17, 15) is 4.79 Å². The molecule has 0 atom stereocenters. The number of nitrogens with zero attached hydrogens (tertiary/aromatic N) is 1. The Hall–Kier alpha value is -1.29. The monoisotopic (exact) mass is 201 g/mol. The first-order valence-corrected chi connectivity index (χ1v) is 3.89. The predicted octanol–water partition coefficient (Wildman–Crippen LogP) is 1.67. The van der Waals surface area contributed by atoms with Gasteiger partial charge in [0, 0.05) is 13.0 Å². The molecule has 0 fully saturated rings. The number of ether oxygens (including phenoxy) is 2. The van der Waals surface area contributed by atoms with E-state index >= 15 is 0 Å². The van der Waals surface area contributed by atoms with Gasteiger partial charge in [0.1, 0.15) is 5.02 Å². The zero-order valence-electron chi connectivity index (χ0n) is 7.20. The van der Waals surface area contributed by atoms with Crippen LogP contribution < -0.4 is 9.47 Å². The number of halogens is 1. The molecule has 0 N–H and O–H groups in total. The molecule has 4 nitrogen and oxygen atoms in total. The minimum atomic E-state index is -0.435. The Bertz CT molecular complexity index is 327. The number of methoxy groups -OCH3 is 1. The van der Waals surface area contributed by atoms with E-state index < -0.39 is 5.97 Å². The SMILES string of the molecule is COc1cc(OC(C)=O)c(Cl)cn1. The molecule has 0 bridgehead atoms. The standard InChI is InChI=1S/C8H8ClNO3/c1-5(11)13-7-3-8(12-2)10-4-6(7)9/h3-4H,1-2H3. The second kappa shape index (κ2) is 4.09. The van der Waals surface area contributed by atoms with Gasteiger partial charge in [0.25, 0.3) is 0 Å².